The normalized spacial score (nSPS) is 35.4. The van der Waals surface area contributed by atoms with Crippen LogP contribution in [0.3, 0.4) is 0 Å². The summed E-state index contributed by atoms with van der Waals surface area (Å²) >= 11 is 0. The number of rotatable bonds is 3. The molecule has 2 aliphatic rings. The Labute approximate surface area is 100 Å². The first kappa shape index (κ1) is 12.4. The number of piperidine rings is 1. The monoisotopic (exact) mass is 225 g/mol. The smallest absolute Gasteiger partial charge is 0.0568 e. The van der Waals surface area contributed by atoms with Crippen molar-refractivity contribution in [3.8, 4) is 0 Å². The maximum atomic E-state index is 9.78. The lowest BCUT2D eigenvalue weighted by atomic mass is 9.82. The van der Waals surface area contributed by atoms with E-state index in [0.29, 0.717) is 11.3 Å². The second-order valence-electron chi connectivity index (χ2n) is 6.55. The van der Waals surface area contributed by atoms with Gasteiger partial charge in [0.25, 0.3) is 0 Å². The van der Waals surface area contributed by atoms with Crippen LogP contribution in [0.15, 0.2) is 0 Å². The summed E-state index contributed by atoms with van der Waals surface area (Å²) in [7, 11) is 0. The molecule has 1 saturated heterocycles. The molecule has 94 valence electrons. The molecule has 0 bridgehead atoms. The molecule has 1 N–H and O–H groups in total. The Bertz CT molecular complexity index is 217. The number of hydrogen-bond donors (Lipinski definition) is 1. The van der Waals surface area contributed by atoms with Crippen molar-refractivity contribution in [1.82, 2.24) is 4.90 Å². The van der Waals surface area contributed by atoms with Crippen LogP contribution in [0, 0.1) is 11.3 Å². The highest BCUT2D eigenvalue weighted by atomic mass is 16.3. The summed E-state index contributed by atoms with van der Waals surface area (Å²) in [6, 6.07) is 0. The van der Waals surface area contributed by atoms with Crippen LogP contribution >= 0.6 is 0 Å². The molecule has 16 heavy (non-hydrogen) atoms. The molecule has 0 aromatic carbocycles. The molecule has 0 amide bonds. The second-order valence-corrected chi connectivity index (χ2v) is 6.55. The third kappa shape index (κ3) is 3.21. The highest BCUT2D eigenvalue weighted by Gasteiger charge is 2.28. The van der Waals surface area contributed by atoms with Gasteiger partial charge in [0.2, 0.25) is 0 Å². The van der Waals surface area contributed by atoms with Crippen LogP contribution in [0.4, 0.5) is 0 Å². The Morgan fingerprint density at radius 1 is 1.19 bits per heavy atom. The summed E-state index contributed by atoms with van der Waals surface area (Å²) in [6.45, 7) is 8.49. The van der Waals surface area contributed by atoms with E-state index >= 15 is 0 Å². The van der Waals surface area contributed by atoms with Gasteiger partial charge in [0.05, 0.1) is 6.10 Å². The Kier molecular flexibility index (Phi) is 3.91. The fourth-order valence-electron chi connectivity index (χ4n) is 3.08. The Morgan fingerprint density at radius 2 is 1.88 bits per heavy atom. The minimum atomic E-state index is 0.00114. The number of aliphatic hydroxyl groups excluding tert-OH is 1. The Balaban J connectivity index is 1.67. The van der Waals surface area contributed by atoms with Gasteiger partial charge in [-0.05, 0) is 63.1 Å². The molecule has 2 nitrogen and oxygen atoms in total. The number of hydrogen-bond acceptors (Lipinski definition) is 2. The van der Waals surface area contributed by atoms with Crippen molar-refractivity contribution in [2.45, 2.75) is 58.5 Å². The van der Waals surface area contributed by atoms with Gasteiger partial charge in [-0.1, -0.05) is 20.3 Å². The molecule has 2 unspecified atom stereocenters. The lowest BCUT2D eigenvalue weighted by Crippen LogP contribution is -2.38. The zero-order chi connectivity index (χ0) is 11.6. The van der Waals surface area contributed by atoms with Crippen molar-refractivity contribution >= 4 is 0 Å². The van der Waals surface area contributed by atoms with Crippen molar-refractivity contribution in [3.05, 3.63) is 0 Å². The molecule has 0 aromatic heterocycles. The molecule has 2 atom stereocenters. The highest BCUT2D eigenvalue weighted by Crippen LogP contribution is 2.31. The van der Waals surface area contributed by atoms with Crippen molar-refractivity contribution in [2.75, 3.05) is 19.6 Å². The SMILES string of the molecule is CC1(C)CCN(CCC2CCCC2O)CC1. The van der Waals surface area contributed by atoms with Crippen molar-refractivity contribution in [2.24, 2.45) is 11.3 Å². The first-order valence-electron chi connectivity index (χ1n) is 6.97. The van der Waals surface area contributed by atoms with Crippen LogP contribution in [-0.4, -0.2) is 35.7 Å². The topological polar surface area (TPSA) is 23.5 Å². The lowest BCUT2D eigenvalue weighted by molar-refractivity contribution is 0.0969. The van der Waals surface area contributed by atoms with E-state index in [4.69, 9.17) is 0 Å². The maximum Gasteiger partial charge on any atom is 0.0568 e. The van der Waals surface area contributed by atoms with Crippen molar-refractivity contribution < 1.29 is 5.11 Å². The lowest BCUT2D eigenvalue weighted by Gasteiger charge is -2.37. The fraction of sp³-hybridized carbons (Fsp3) is 1.00. The zero-order valence-electron chi connectivity index (χ0n) is 10.9. The van der Waals surface area contributed by atoms with E-state index in [1.165, 1.54) is 51.7 Å². The molecular formula is C14H27NO. The van der Waals surface area contributed by atoms with Gasteiger partial charge in [-0.2, -0.15) is 0 Å². The van der Waals surface area contributed by atoms with Gasteiger partial charge in [0.15, 0.2) is 0 Å². The van der Waals surface area contributed by atoms with Crippen LogP contribution in [0.5, 0.6) is 0 Å². The summed E-state index contributed by atoms with van der Waals surface area (Å²) < 4.78 is 0. The quantitative estimate of drug-likeness (QED) is 0.798. The molecule has 1 aliphatic heterocycles. The van der Waals surface area contributed by atoms with Crippen LogP contribution in [0.1, 0.15) is 52.4 Å². The minimum absolute atomic E-state index is 0.00114. The molecular weight excluding hydrogens is 198 g/mol. The summed E-state index contributed by atoms with van der Waals surface area (Å²) in [5, 5.41) is 9.78. The van der Waals surface area contributed by atoms with Crippen molar-refractivity contribution in [1.29, 1.82) is 0 Å². The van der Waals surface area contributed by atoms with E-state index in [0.717, 1.165) is 6.42 Å². The average molecular weight is 225 g/mol. The van der Waals surface area contributed by atoms with Gasteiger partial charge >= 0.3 is 0 Å². The van der Waals surface area contributed by atoms with E-state index in [-0.39, 0.29) is 6.10 Å². The number of nitrogens with zero attached hydrogens (tertiary/aromatic N) is 1. The van der Waals surface area contributed by atoms with E-state index in [1.54, 1.807) is 0 Å². The second kappa shape index (κ2) is 5.05. The van der Waals surface area contributed by atoms with Crippen LogP contribution in [0.25, 0.3) is 0 Å². The van der Waals surface area contributed by atoms with E-state index in [9.17, 15) is 5.11 Å². The molecule has 1 saturated carbocycles. The zero-order valence-corrected chi connectivity index (χ0v) is 10.9. The van der Waals surface area contributed by atoms with E-state index < -0.39 is 0 Å². The number of likely N-dealkylation sites (tertiary alicyclic amines) is 1. The molecule has 0 radical (unpaired) electrons. The van der Waals surface area contributed by atoms with Crippen LogP contribution in [-0.2, 0) is 0 Å². The molecule has 0 aromatic rings. The van der Waals surface area contributed by atoms with Gasteiger partial charge in [0.1, 0.15) is 0 Å². The third-order valence-electron chi connectivity index (χ3n) is 4.64. The van der Waals surface area contributed by atoms with Gasteiger partial charge in [0, 0.05) is 0 Å². The Hall–Kier alpha value is -0.0800. The standard InChI is InChI=1S/C14H27NO/c1-14(2)7-10-15(11-8-14)9-6-12-4-3-5-13(12)16/h12-13,16H,3-11H2,1-2H3. The molecule has 0 spiro atoms. The van der Waals surface area contributed by atoms with Gasteiger partial charge in [-0.3, -0.25) is 0 Å². The average Bonchev–Trinajstić information content (AvgIpc) is 2.63. The minimum Gasteiger partial charge on any atom is -0.393 e. The van der Waals surface area contributed by atoms with Gasteiger partial charge in [-0.25, -0.2) is 0 Å². The summed E-state index contributed by atoms with van der Waals surface area (Å²) in [5.74, 6) is 0.593. The van der Waals surface area contributed by atoms with Crippen molar-refractivity contribution in [3.63, 3.8) is 0 Å². The maximum absolute atomic E-state index is 9.78. The van der Waals surface area contributed by atoms with Crippen LogP contribution in [0.2, 0.25) is 0 Å². The fourth-order valence-corrected chi connectivity index (χ4v) is 3.08. The molecule has 2 fully saturated rings. The van der Waals surface area contributed by atoms with Gasteiger partial charge in [-0.15, -0.1) is 0 Å². The summed E-state index contributed by atoms with van der Waals surface area (Å²) in [4.78, 5) is 2.59. The molecule has 1 heterocycles. The summed E-state index contributed by atoms with van der Waals surface area (Å²) in [6.07, 6.45) is 7.40. The molecule has 1 aliphatic carbocycles. The largest absolute Gasteiger partial charge is 0.393 e. The first-order chi connectivity index (χ1) is 7.57. The van der Waals surface area contributed by atoms with E-state index in [1.807, 2.05) is 0 Å². The van der Waals surface area contributed by atoms with E-state index in [2.05, 4.69) is 18.7 Å². The van der Waals surface area contributed by atoms with Gasteiger partial charge < -0.3 is 10.0 Å². The predicted octanol–water partition coefficient (Wildman–Crippen LogP) is 2.66. The number of aliphatic hydroxyl groups is 1. The molecule has 2 heteroatoms. The first-order valence-corrected chi connectivity index (χ1v) is 6.97. The predicted molar refractivity (Wildman–Crippen MR) is 67.4 cm³/mol. The molecule has 2 rings (SSSR count). The Morgan fingerprint density at radius 3 is 2.44 bits per heavy atom. The van der Waals surface area contributed by atoms with Crippen LogP contribution < -0.4 is 0 Å². The summed E-state index contributed by atoms with van der Waals surface area (Å²) in [5.41, 5.74) is 0.559. The third-order valence-corrected chi connectivity index (χ3v) is 4.64. The highest BCUT2D eigenvalue weighted by molar-refractivity contribution is 4.81.